The number of benzene rings is 1. The van der Waals surface area contributed by atoms with E-state index in [4.69, 9.17) is 16.3 Å². The van der Waals surface area contributed by atoms with E-state index in [1.807, 2.05) is 26.8 Å². The first-order chi connectivity index (χ1) is 13.9. The number of fused-ring (bicyclic) bond motifs is 1. The third kappa shape index (κ3) is 4.09. The molecule has 0 saturated heterocycles. The van der Waals surface area contributed by atoms with Crippen molar-refractivity contribution in [1.82, 2.24) is 9.97 Å². The van der Waals surface area contributed by atoms with Gasteiger partial charge in [0.25, 0.3) is 0 Å². The number of esters is 1. The van der Waals surface area contributed by atoms with Crippen LogP contribution < -0.4 is 5.32 Å². The fourth-order valence-corrected chi connectivity index (χ4v) is 5.34. The first kappa shape index (κ1) is 20.1. The number of thiophene rings is 1. The van der Waals surface area contributed by atoms with Gasteiger partial charge in [-0.05, 0) is 69.2 Å². The standard InChI is InChI=1S/C22H24ClN3O2S/c1-12-9-13(2)18(16(23)10-12)26-20-17-14(3)19(29-21(17)25-11-24-20)22(27)28-15-7-5-4-6-8-15/h9-11,15H,4-8H2,1-3H3,(H,24,25,26). The lowest BCUT2D eigenvalue weighted by molar-refractivity contribution is 0.0216. The summed E-state index contributed by atoms with van der Waals surface area (Å²) >= 11 is 7.82. The number of aryl methyl sites for hydroxylation is 3. The van der Waals surface area contributed by atoms with Gasteiger partial charge in [0.1, 0.15) is 28.0 Å². The molecule has 2 heterocycles. The molecule has 1 aromatic carbocycles. The maximum atomic E-state index is 12.8. The largest absolute Gasteiger partial charge is 0.458 e. The van der Waals surface area contributed by atoms with Crippen LogP contribution in [-0.4, -0.2) is 22.0 Å². The van der Waals surface area contributed by atoms with Crippen molar-refractivity contribution in [2.24, 2.45) is 0 Å². The van der Waals surface area contributed by atoms with E-state index >= 15 is 0 Å². The van der Waals surface area contributed by atoms with Crippen LogP contribution in [0, 0.1) is 20.8 Å². The summed E-state index contributed by atoms with van der Waals surface area (Å²) in [5, 5.41) is 4.83. The monoisotopic (exact) mass is 429 g/mol. The lowest BCUT2D eigenvalue weighted by atomic mass is 9.98. The smallest absolute Gasteiger partial charge is 0.348 e. The zero-order valence-electron chi connectivity index (χ0n) is 16.8. The third-order valence-corrected chi connectivity index (χ3v) is 6.89. The van der Waals surface area contributed by atoms with Crippen molar-refractivity contribution in [2.75, 3.05) is 5.32 Å². The van der Waals surface area contributed by atoms with E-state index in [0.717, 1.165) is 58.3 Å². The van der Waals surface area contributed by atoms with Crippen molar-refractivity contribution in [3.63, 3.8) is 0 Å². The lowest BCUT2D eigenvalue weighted by Crippen LogP contribution is -2.20. The van der Waals surface area contributed by atoms with Gasteiger partial charge in [0.05, 0.1) is 16.1 Å². The second-order valence-electron chi connectivity index (χ2n) is 7.69. The van der Waals surface area contributed by atoms with Crippen molar-refractivity contribution in [2.45, 2.75) is 59.0 Å². The molecule has 152 valence electrons. The summed E-state index contributed by atoms with van der Waals surface area (Å²) < 4.78 is 5.78. The van der Waals surface area contributed by atoms with Gasteiger partial charge >= 0.3 is 5.97 Å². The maximum absolute atomic E-state index is 12.8. The highest BCUT2D eigenvalue weighted by Gasteiger charge is 2.24. The molecule has 4 rings (SSSR count). The summed E-state index contributed by atoms with van der Waals surface area (Å²) in [6.07, 6.45) is 6.91. The van der Waals surface area contributed by atoms with E-state index < -0.39 is 0 Å². The van der Waals surface area contributed by atoms with Crippen molar-refractivity contribution in [3.05, 3.63) is 45.1 Å². The van der Waals surface area contributed by atoms with Gasteiger partial charge in [0, 0.05) is 0 Å². The predicted octanol–water partition coefficient (Wildman–Crippen LogP) is 6.50. The summed E-state index contributed by atoms with van der Waals surface area (Å²) in [4.78, 5) is 23.0. The third-order valence-electron chi connectivity index (χ3n) is 5.41. The molecular formula is C22H24ClN3O2S. The minimum absolute atomic E-state index is 0.0264. The SMILES string of the molecule is Cc1cc(C)c(Nc2ncnc3sc(C(=O)OC4CCCCC4)c(C)c23)c(Cl)c1. The molecule has 0 atom stereocenters. The van der Waals surface area contributed by atoms with Crippen LogP contribution in [0.2, 0.25) is 5.02 Å². The van der Waals surface area contributed by atoms with Gasteiger partial charge in [-0.1, -0.05) is 24.1 Å². The summed E-state index contributed by atoms with van der Waals surface area (Å²) in [5.41, 5.74) is 3.79. The van der Waals surface area contributed by atoms with Crippen LogP contribution in [0.3, 0.4) is 0 Å². The number of hydrogen-bond donors (Lipinski definition) is 1. The van der Waals surface area contributed by atoms with Crippen molar-refractivity contribution < 1.29 is 9.53 Å². The van der Waals surface area contributed by atoms with Crippen LogP contribution in [0.25, 0.3) is 10.2 Å². The van der Waals surface area contributed by atoms with Crippen molar-refractivity contribution >= 4 is 50.6 Å². The minimum Gasteiger partial charge on any atom is -0.458 e. The van der Waals surface area contributed by atoms with E-state index in [1.165, 1.54) is 24.1 Å². The average molecular weight is 430 g/mol. The Kier molecular flexibility index (Phi) is 5.74. The summed E-state index contributed by atoms with van der Waals surface area (Å²) in [6.45, 7) is 5.94. The van der Waals surface area contributed by atoms with Crippen molar-refractivity contribution in [1.29, 1.82) is 0 Å². The highest BCUT2D eigenvalue weighted by molar-refractivity contribution is 7.20. The van der Waals surface area contributed by atoms with E-state index in [1.54, 1.807) is 0 Å². The number of halogens is 1. The molecule has 0 aliphatic heterocycles. The average Bonchev–Trinajstić information content (AvgIpc) is 3.03. The highest BCUT2D eigenvalue weighted by atomic mass is 35.5. The topological polar surface area (TPSA) is 64.1 Å². The zero-order chi connectivity index (χ0) is 20.5. The van der Waals surface area contributed by atoms with Crippen LogP contribution >= 0.6 is 22.9 Å². The van der Waals surface area contributed by atoms with Gasteiger partial charge < -0.3 is 10.1 Å². The van der Waals surface area contributed by atoms with Crippen molar-refractivity contribution in [3.8, 4) is 0 Å². The number of nitrogens with one attached hydrogen (secondary N) is 1. The molecule has 1 N–H and O–H groups in total. The second kappa shape index (κ2) is 8.28. The number of carbonyl (C=O) groups is 1. The van der Waals surface area contributed by atoms with E-state index in [0.29, 0.717) is 15.7 Å². The van der Waals surface area contributed by atoms with Crippen LogP contribution in [0.4, 0.5) is 11.5 Å². The molecule has 5 nitrogen and oxygen atoms in total. The molecule has 1 saturated carbocycles. The quantitative estimate of drug-likeness (QED) is 0.479. The summed E-state index contributed by atoms with van der Waals surface area (Å²) in [5.74, 6) is 0.391. The Morgan fingerprint density at radius 1 is 1.17 bits per heavy atom. The number of nitrogens with zero attached hydrogens (tertiary/aromatic N) is 2. The second-order valence-corrected chi connectivity index (χ2v) is 9.09. The van der Waals surface area contributed by atoms with E-state index in [2.05, 4.69) is 21.4 Å². The molecule has 7 heteroatoms. The lowest BCUT2D eigenvalue weighted by Gasteiger charge is -2.21. The molecular weight excluding hydrogens is 406 g/mol. The summed E-state index contributed by atoms with van der Waals surface area (Å²) in [7, 11) is 0. The normalized spacial score (nSPS) is 14.9. The Morgan fingerprint density at radius 3 is 2.66 bits per heavy atom. The molecule has 0 amide bonds. The minimum atomic E-state index is -0.257. The maximum Gasteiger partial charge on any atom is 0.348 e. The number of rotatable bonds is 4. The van der Waals surface area contributed by atoms with Gasteiger partial charge in [-0.25, -0.2) is 14.8 Å². The molecule has 0 spiro atoms. The molecule has 3 aromatic rings. The molecule has 2 aromatic heterocycles. The first-order valence-corrected chi connectivity index (χ1v) is 11.1. The van der Waals surface area contributed by atoms with Gasteiger partial charge in [-0.15, -0.1) is 11.3 Å². The summed E-state index contributed by atoms with van der Waals surface area (Å²) in [6, 6.07) is 3.99. The highest BCUT2D eigenvalue weighted by Crippen LogP contribution is 2.37. The Bertz CT molecular complexity index is 1050. The molecule has 1 aliphatic carbocycles. The van der Waals surface area contributed by atoms with E-state index in [9.17, 15) is 4.79 Å². The molecule has 0 unspecified atom stereocenters. The molecule has 1 fully saturated rings. The number of anilines is 2. The van der Waals surface area contributed by atoms with Gasteiger partial charge in [0.15, 0.2) is 0 Å². The Morgan fingerprint density at radius 2 is 1.93 bits per heavy atom. The van der Waals surface area contributed by atoms with Crippen LogP contribution in [-0.2, 0) is 4.74 Å². The number of hydrogen-bond acceptors (Lipinski definition) is 6. The fourth-order valence-electron chi connectivity index (χ4n) is 3.94. The Balaban J connectivity index is 1.67. The van der Waals surface area contributed by atoms with Gasteiger partial charge in [0.2, 0.25) is 0 Å². The molecule has 0 bridgehead atoms. The number of carbonyl (C=O) groups excluding carboxylic acids is 1. The van der Waals surface area contributed by atoms with Crippen LogP contribution in [0.1, 0.15) is 58.5 Å². The van der Waals surface area contributed by atoms with Gasteiger partial charge in [-0.3, -0.25) is 0 Å². The van der Waals surface area contributed by atoms with Crippen LogP contribution in [0.15, 0.2) is 18.5 Å². The molecule has 29 heavy (non-hydrogen) atoms. The Hall–Kier alpha value is -2.18. The van der Waals surface area contributed by atoms with E-state index in [-0.39, 0.29) is 12.1 Å². The number of ether oxygens (including phenoxy) is 1. The Labute approximate surface area is 179 Å². The fraction of sp³-hybridized carbons (Fsp3) is 0.409. The first-order valence-electron chi connectivity index (χ1n) is 9.93. The van der Waals surface area contributed by atoms with Crippen LogP contribution in [0.5, 0.6) is 0 Å². The zero-order valence-corrected chi connectivity index (χ0v) is 18.4. The molecule has 1 aliphatic rings. The van der Waals surface area contributed by atoms with Gasteiger partial charge in [-0.2, -0.15) is 0 Å². The molecule has 0 radical (unpaired) electrons. The predicted molar refractivity (Wildman–Crippen MR) is 119 cm³/mol. The number of aromatic nitrogens is 2.